The quantitative estimate of drug-likeness (QED) is 0.795. The summed E-state index contributed by atoms with van der Waals surface area (Å²) in [7, 11) is 0. The van der Waals surface area contributed by atoms with Gasteiger partial charge in [-0.25, -0.2) is 4.98 Å². The molecule has 0 saturated carbocycles. The van der Waals surface area contributed by atoms with Crippen molar-refractivity contribution >= 4 is 28.8 Å². The summed E-state index contributed by atoms with van der Waals surface area (Å²) in [5.41, 5.74) is 2.76. The van der Waals surface area contributed by atoms with Crippen LogP contribution < -0.4 is 0 Å². The second-order valence-electron chi connectivity index (χ2n) is 4.87. The van der Waals surface area contributed by atoms with E-state index in [1.165, 1.54) is 10.4 Å². The normalized spacial score (nSPS) is 14.2. The standard InChI is InChI=1S/C15H15ClN2OS/c1-2-12-7-11(8-14(16)17-12)15(19)18-5-3-13-10(9-18)4-6-20-13/h4,6-8H,2-3,5,9H2,1H3. The minimum absolute atomic E-state index is 0.0425. The second kappa shape index (κ2) is 5.54. The summed E-state index contributed by atoms with van der Waals surface area (Å²) in [6, 6.07) is 5.61. The zero-order chi connectivity index (χ0) is 14.1. The molecule has 0 atom stereocenters. The summed E-state index contributed by atoms with van der Waals surface area (Å²) in [5, 5.41) is 2.48. The Morgan fingerprint density at radius 1 is 1.50 bits per heavy atom. The van der Waals surface area contributed by atoms with Crippen LogP contribution in [0.2, 0.25) is 5.15 Å². The lowest BCUT2D eigenvalue weighted by Crippen LogP contribution is -2.35. The molecule has 3 rings (SSSR count). The minimum atomic E-state index is 0.0425. The molecule has 0 radical (unpaired) electrons. The molecular formula is C15H15ClN2OS. The van der Waals surface area contributed by atoms with Crippen LogP contribution in [0, 0.1) is 0 Å². The number of thiophene rings is 1. The lowest BCUT2D eigenvalue weighted by Gasteiger charge is -2.27. The van der Waals surface area contributed by atoms with Gasteiger partial charge in [-0.05, 0) is 42.0 Å². The molecule has 1 amide bonds. The highest BCUT2D eigenvalue weighted by atomic mass is 35.5. The highest BCUT2D eigenvalue weighted by Crippen LogP contribution is 2.25. The summed E-state index contributed by atoms with van der Waals surface area (Å²) in [6.45, 7) is 3.47. The average molecular weight is 307 g/mol. The van der Waals surface area contributed by atoms with Gasteiger partial charge in [0.1, 0.15) is 5.15 Å². The van der Waals surface area contributed by atoms with Gasteiger partial charge in [-0.3, -0.25) is 4.79 Å². The molecule has 2 aromatic heterocycles. The van der Waals surface area contributed by atoms with Crippen molar-refractivity contribution in [2.24, 2.45) is 0 Å². The number of rotatable bonds is 2. The van der Waals surface area contributed by atoms with Gasteiger partial charge in [0, 0.05) is 29.2 Å². The molecule has 0 N–H and O–H groups in total. The third-order valence-corrected chi connectivity index (χ3v) is 4.77. The lowest BCUT2D eigenvalue weighted by atomic mass is 10.1. The van der Waals surface area contributed by atoms with Gasteiger partial charge in [0.05, 0.1) is 0 Å². The molecule has 0 bridgehead atoms. The maximum absolute atomic E-state index is 12.6. The van der Waals surface area contributed by atoms with Crippen LogP contribution in [0.5, 0.6) is 0 Å². The molecular weight excluding hydrogens is 292 g/mol. The van der Waals surface area contributed by atoms with Crippen LogP contribution >= 0.6 is 22.9 Å². The van der Waals surface area contributed by atoms with Crippen LogP contribution in [0.1, 0.15) is 33.4 Å². The van der Waals surface area contributed by atoms with Crippen LogP contribution in [0.15, 0.2) is 23.6 Å². The third-order valence-electron chi connectivity index (χ3n) is 3.55. The van der Waals surface area contributed by atoms with Crippen LogP contribution in [0.25, 0.3) is 0 Å². The van der Waals surface area contributed by atoms with Gasteiger partial charge < -0.3 is 4.90 Å². The van der Waals surface area contributed by atoms with E-state index in [4.69, 9.17) is 11.6 Å². The topological polar surface area (TPSA) is 33.2 Å². The van der Waals surface area contributed by atoms with E-state index in [0.717, 1.165) is 25.1 Å². The second-order valence-corrected chi connectivity index (χ2v) is 6.26. The van der Waals surface area contributed by atoms with Gasteiger partial charge in [0.15, 0.2) is 0 Å². The smallest absolute Gasteiger partial charge is 0.254 e. The van der Waals surface area contributed by atoms with Crippen molar-refractivity contribution in [2.75, 3.05) is 6.54 Å². The Bertz CT molecular complexity index is 653. The summed E-state index contributed by atoms with van der Waals surface area (Å²) in [4.78, 5) is 20.1. The van der Waals surface area contributed by atoms with E-state index in [2.05, 4.69) is 16.4 Å². The molecule has 1 aliphatic rings. The number of amides is 1. The van der Waals surface area contributed by atoms with E-state index >= 15 is 0 Å². The summed E-state index contributed by atoms with van der Waals surface area (Å²) < 4.78 is 0. The minimum Gasteiger partial charge on any atom is -0.334 e. The molecule has 0 aliphatic carbocycles. The Kier molecular flexibility index (Phi) is 3.76. The number of pyridine rings is 1. The van der Waals surface area contributed by atoms with Gasteiger partial charge in [-0.2, -0.15) is 0 Å². The van der Waals surface area contributed by atoms with E-state index in [9.17, 15) is 4.79 Å². The first kappa shape index (κ1) is 13.6. The van der Waals surface area contributed by atoms with E-state index in [1.807, 2.05) is 17.9 Å². The zero-order valence-electron chi connectivity index (χ0n) is 11.2. The Balaban J connectivity index is 1.85. The van der Waals surface area contributed by atoms with Crippen molar-refractivity contribution in [1.29, 1.82) is 0 Å². The highest BCUT2D eigenvalue weighted by Gasteiger charge is 2.23. The van der Waals surface area contributed by atoms with Crippen LogP contribution in [0.3, 0.4) is 0 Å². The monoisotopic (exact) mass is 306 g/mol. The fourth-order valence-corrected chi connectivity index (χ4v) is 3.58. The van der Waals surface area contributed by atoms with Gasteiger partial charge in [0.25, 0.3) is 5.91 Å². The largest absolute Gasteiger partial charge is 0.334 e. The average Bonchev–Trinajstić information content (AvgIpc) is 2.93. The Morgan fingerprint density at radius 3 is 3.15 bits per heavy atom. The van der Waals surface area contributed by atoms with Crippen LogP contribution in [-0.4, -0.2) is 22.3 Å². The van der Waals surface area contributed by atoms with Crippen molar-refractivity contribution in [3.05, 3.63) is 50.4 Å². The van der Waals surface area contributed by atoms with E-state index < -0.39 is 0 Å². The maximum atomic E-state index is 12.6. The van der Waals surface area contributed by atoms with Crippen molar-refractivity contribution < 1.29 is 4.79 Å². The number of hydrogen-bond acceptors (Lipinski definition) is 3. The van der Waals surface area contributed by atoms with Crippen molar-refractivity contribution in [3.63, 3.8) is 0 Å². The van der Waals surface area contributed by atoms with E-state index in [0.29, 0.717) is 17.3 Å². The predicted molar refractivity (Wildman–Crippen MR) is 81.4 cm³/mol. The Labute approximate surface area is 127 Å². The first-order valence-corrected chi connectivity index (χ1v) is 7.94. The van der Waals surface area contributed by atoms with Gasteiger partial charge in [0.2, 0.25) is 0 Å². The predicted octanol–water partition coefficient (Wildman–Crippen LogP) is 3.56. The molecule has 5 heteroatoms. The van der Waals surface area contributed by atoms with E-state index in [-0.39, 0.29) is 5.91 Å². The fourth-order valence-electron chi connectivity index (χ4n) is 2.46. The van der Waals surface area contributed by atoms with Crippen molar-refractivity contribution in [1.82, 2.24) is 9.88 Å². The number of nitrogens with zero attached hydrogens (tertiary/aromatic N) is 2. The first-order valence-electron chi connectivity index (χ1n) is 6.68. The number of carbonyl (C=O) groups is 1. The number of aromatic nitrogens is 1. The molecule has 0 unspecified atom stereocenters. The van der Waals surface area contributed by atoms with Gasteiger partial charge in [-0.1, -0.05) is 18.5 Å². The highest BCUT2D eigenvalue weighted by molar-refractivity contribution is 7.10. The number of fused-ring (bicyclic) bond motifs is 1. The molecule has 3 nitrogen and oxygen atoms in total. The molecule has 0 aromatic carbocycles. The van der Waals surface area contributed by atoms with Crippen LogP contribution in [0.4, 0.5) is 0 Å². The van der Waals surface area contributed by atoms with Gasteiger partial charge >= 0.3 is 0 Å². The number of carbonyl (C=O) groups excluding carboxylic acids is 1. The zero-order valence-corrected chi connectivity index (χ0v) is 12.8. The number of halogens is 1. The van der Waals surface area contributed by atoms with Gasteiger partial charge in [-0.15, -0.1) is 11.3 Å². The molecule has 0 fully saturated rings. The first-order chi connectivity index (χ1) is 9.67. The van der Waals surface area contributed by atoms with E-state index in [1.54, 1.807) is 17.4 Å². The Hall–Kier alpha value is -1.39. The molecule has 1 aliphatic heterocycles. The summed E-state index contributed by atoms with van der Waals surface area (Å²) >= 11 is 7.77. The fraction of sp³-hybridized carbons (Fsp3) is 0.333. The molecule has 104 valence electrons. The molecule has 20 heavy (non-hydrogen) atoms. The summed E-state index contributed by atoms with van der Waals surface area (Å²) in [5.74, 6) is 0.0425. The van der Waals surface area contributed by atoms with Crippen molar-refractivity contribution in [3.8, 4) is 0 Å². The number of hydrogen-bond donors (Lipinski definition) is 0. The summed E-state index contributed by atoms with van der Waals surface area (Å²) in [6.07, 6.45) is 1.72. The molecule has 0 spiro atoms. The Morgan fingerprint density at radius 2 is 2.35 bits per heavy atom. The van der Waals surface area contributed by atoms with Crippen molar-refractivity contribution in [2.45, 2.75) is 26.3 Å². The lowest BCUT2D eigenvalue weighted by molar-refractivity contribution is 0.0735. The molecule has 0 saturated heterocycles. The molecule has 2 aromatic rings. The number of aryl methyl sites for hydroxylation is 1. The SMILES string of the molecule is CCc1cc(C(=O)N2CCc3sccc3C2)cc(Cl)n1. The molecule has 3 heterocycles. The van der Waals surface area contributed by atoms with Crippen LogP contribution in [-0.2, 0) is 19.4 Å². The maximum Gasteiger partial charge on any atom is 0.254 e. The third kappa shape index (κ3) is 2.58.